The molecule has 2 aromatic heterocycles. The molecule has 1 N–H and O–H groups in total. The second kappa shape index (κ2) is 6.60. The standard InChI is InChI=1S/C18H15N7O/c1-24-17(21-22-23-24)13-6-4-7-14(12-13)20-18(26)15-8-2-3-9-16(15)25-11-5-10-19-25/h2-12H,1H3,(H,20,26). The van der Waals surface area contributed by atoms with Gasteiger partial charge in [0.05, 0.1) is 11.3 Å². The normalized spacial score (nSPS) is 10.7. The molecule has 4 aromatic rings. The van der Waals surface area contributed by atoms with E-state index in [1.807, 2.05) is 48.5 Å². The van der Waals surface area contributed by atoms with Crippen molar-refractivity contribution in [3.05, 3.63) is 72.6 Å². The van der Waals surface area contributed by atoms with Crippen LogP contribution in [-0.2, 0) is 7.05 Å². The molecule has 0 saturated heterocycles. The van der Waals surface area contributed by atoms with Crippen LogP contribution in [0.2, 0.25) is 0 Å². The molecule has 0 atom stereocenters. The Kier molecular flexibility index (Phi) is 3.98. The van der Waals surface area contributed by atoms with E-state index in [2.05, 4.69) is 25.9 Å². The fourth-order valence-electron chi connectivity index (χ4n) is 2.69. The molecule has 0 bridgehead atoms. The molecule has 1 amide bonds. The second-order valence-corrected chi connectivity index (χ2v) is 5.63. The number of nitrogens with zero attached hydrogens (tertiary/aromatic N) is 6. The van der Waals surface area contributed by atoms with Crippen LogP contribution in [0.25, 0.3) is 17.1 Å². The van der Waals surface area contributed by atoms with E-state index in [1.54, 1.807) is 34.9 Å². The summed E-state index contributed by atoms with van der Waals surface area (Å²) in [5.41, 5.74) is 2.71. The summed E-state index contributed by atoms with van der Waals surface area (Å²) in [6.07, 6.45) is 3.47. The maximum absolute atomic E-state index is 12.8. The molecule has 26 heavy (non-hydrogen) atoms. The number of aryl methyl sites for hydroxylation is 1. The number of rotatable bonds is 4. The quantitative estimate of drug-likeness (QED) is 0.613. The van der Waals surface area contributed by atoms with Gasteiger partial charge in [0.25, 0.3) is 5.91 Å². The lowest BCUT2D eigenvalue weighted by molar-refractivity contribution is 0.102. The van der Waals surface area contributed by atoms with Gasteiger partial charge in [0.2, 0.25) is 0 Å². The van der Waals surface area contributed by atoms with Gasteiger partial charge in [0.1, 0.15) is 0 Å². The Morgan fingerprint density at radius 3 is 2.73 bits per heavy atom. The van der Waals surface area contributed by atoms with E-state index in [4.69, 9.17) is 0 Å². The Morgan fingerprint density at radius 2 is 1.96 bits per heavy atom. The molecule has 128 valence electrons. The molecule has 0 aliphatic heterocycles. The number of carbonyl (C=O) groups excluding carboxylic acids is 1. The van der Waals surface area contributed by atoms with Gasteiger partial charge in [-0.15, -0.1) is 5.10 Å². The molecule has 0 aliphatic rings. The molecule has 0 aliphatic carbocycles. The molecule has 0 saturated carbocycles. The van der Waals surface area contributed by atoms with Gasteiger partial charge >= 0.3 is 0 Å². The van der Waals surface area contributed by atoms with Gasteiger partial charge in [0, 0.05) is 30.7 Å². The number of tetrazole rings is 1. The van der Waals surface area contributed by atoms with Crippen molar-refractivity contribution >= 4 is 11.6 Å². The van der Waals surface area contributed by atoms with E-state index in [0.29, 0.717) is 22.8 Å². The molecule has 2 aromatic carbocycles. The first-order valence-corrected chi connectivity index (χ1v) is 7.95. The zero-order chi connectivity index (χ0) is 17.9. The molecule has 0 fully saturated rings. The third-order valence-electron chi connectivity index (χ3n) is 3.90. The summed E-state index contributed by atoms with van der Waals surface area (Å²) in [7, 11) is 1.76. The highest BCUT2D eigenvalue weighted by Gasteiger charge is 2.14. The first-order chi connectivity index (χ1) is 12.7. The zero-order valence-electron chi connectivity index (χ0n) is 13.9. The van der Waals surface area contributed by atoms with E-state index in [1.165, 1.54) is 0 Å². The molecular formula is C18H15N7O. The lowest BCUT2D eigenvalue weighted by Crippen LogP contribution is -2.15. The van der Waals surface area contributed by atoms with Crippen molar-refractivity contribution in [2.75, 3.05) is 5.32 Å². The fourth-order valence-corrected chi connectivity index (χ4v) is 2.69. The molecule has 4 rings (SSSR count). The average molecular weight is 345 g/mol. The number of amides is 1. The highest BCUT2D eigenvalue weighted by atomic mass is 16.1. The van der Waals surface area contributed by atoms with Gasteiger partial charge in [0.15, 0.2) is 5.82 Å². The van der Waals surface area contributed by atoms with Gasteiger partial charge in [-0.25, -0.2) is 9.36 Å². The van der Waals surface area contributed by atoms with Gasteiger partial charge in [-0.3, -0.25) is 4.79 Å². The van der Waals surface area contributed by atoms with E-state index in [9.17, 15) is 4.79 Å². The number of anilines is 1. The van der Waals surface area contributed by atoms with E-state index >= 15 is 0 Å². The van der Waals surface area contributed by atoms with Crippen LogP contribution in [0.3, 0.4) is 0 Å². The molecule has 0 unspecified atom stereocenters. The Morgan fingerprint density at radius 1 is 1.08 bits per heavy atom. The SMILES string of the molecule is Cn1nnnc1-c1cccc(NC(=O)c2ccccc2-n2cccn2)c1. The third kappa shape index (κ3) is 2.95. The van der Waals surface area contributed by atoms with Crippen LogP contribution in [0.4, 0.5) is 5.69 Å². The minimum atomic E-state index is -0.218. The number of nitrogens with one attached hydrogen (secondary N) is 1. The number of aromatic nitrogens is 6. The lowest BCUT2D eigenvalue weighted by Gasteiger charge is -2.11. The van der Waals surface area contributed by atoms with Crippen LogP contribution in [0.15, 0.2) is 67.0 Å². The molecule has 0 radical (unpaired) electrons. The summed E-state index contributed by atoms with van der Waals surface area (Å²) < 4.78 is 3.24. The van der Waals surface area contributed by atoms with Crippen LogP contribution in [-0.4, -0.2) is 35.9 Å². The topological polar surface area (TPSA) is 90.5 Å². The fraction of sp³-hybridized carbons (Fsp3) is 0.0556. The van der Waals surface area contributed by atoms with Crippen molar-refractivity contribution in [1.82, 2.24) is 30.0 Å². The van der Waals surface area contributed by atoms with Crippen molar-refractivity contribution < 1.29 is 4.79 Å². The summed E-state index contributed by atoms with van der Waals surface area (Å²) >= 11 is 0. The number of hydrogen-bond donors (Lipinski definition) is 1. The van der Waals surface area contributed by atoms with Crippen LogP contribution < -0.4 is 5.32 Å². The minimum absolute atomic E-state index is 0.218. The predicted octanol–water partition coefficient (Wildman–Crippen LogP) is 2.32. The van der Waals surface area contributed by atoms with Crippen molar-refractivity contribution in [2.45, 2.75) is 0 Å². The van der Waals surface area contributed by atoms with E-state index in [0.717, 1.165) is 5.56 Å². The van der Waals surface area contributed by atoms with E-state index < -0.39 is 0 Å². The minimum Gasteiger partial charge on any atom is -0.322 e. The number of para-hydroxylation sites is 1. The molecule has 2 heterocycles. The summed E-state index contributed by atoms with van der Waals surface area (Å²) in [6, 6.07) is 16.5. The third-order valence-corrected chi connectivity index (χ3v) is 3.90. The first-order valence-electron chi connectivity index (χ1n) is 7.95. The van der Waals surface area contributed by atoms with E-state index in [-0.39, 0.29) is 5.91 Å². The monoisotopic (exact) mass is 345 g/mol. The molecular weight excluding hydrogens is 330 g/mol. The Balaban J connectivity index is 1.63. The Labute approximate surface area is 149 Å². The average Bonchev–Trinajstić information content (AvgIpc) is 3.33. The predicted molar refractivity (Wildman–Crippen MR) is 95.8 cm³/mol. The van der Waals surface area contributed by atoms with Crippen LogP contribution in [0.1, 0.15) is 10.4 Å². The first kappa shape index (κ1) is 15.7. The van der Waals surface area contributed by atoms with Crippen molar-refractivity contribution in [2.24, 2.45) is 7.05 Å². The molecule has 8 heteroatoms. The van der Waals surface area contributed by atoms with Crippen molar-refractivity contribution in [3.8, 4) is 17.1 Å². The van der Waals surface area contributed by atoms with Gasteiger partial charge in [-0.1, -0.05) is 24.3 Å². The van der Waals surface area contributed by atoms with Crippen LogP contribution in [0.5, 0.6) is 0 Å². The van der Waals surface area contributed by atoms with Crippen LogP contribution in [0, 0.1) is 0 Å². The highest BCUT2D eigenvalue weighted by Crippen LogP contribution is 2.21. The Hall–Kier alpha value is -3.81. The summed E-state index contributed by atoms with van der Waals surface area (Å²) in [4.78, 5) is 12.8. The van der Waals surface area contributed by atoms with Gasteiger partial charge in [-0.2, -0.15) is 5.10 Å². The number of carbonyl (C=O) groups is 1. The maximum Gasteiger partial charge on any atom is 0.257 e. The van der Waals surface area contributed by atoms with Crippen LogP contribution >= 0.6 is 0 Å². The molecule has 0 spiro atoms. The largest absolute Gasteiger partial charge is 0.322 e. The highest BCUT2D eigenvalue weighted by molar-refractivity contribution is 6.06. The van der Waals surface area contributed by atoms with Gasteiger partial charge < -0.3 is 5.32 Å². The maximum atomic E-state index is 12.8. The summed E-state index contributed by atoms with van der Waals surface area (Å²) in [6.45, 7) is 0. The number of benzene rings is 2. The van der Waals surface area contributed by atoms with Crippen molar-refractivity contribution in [1.29, 1.82) is 0 Å². The smallest absolute Gasteiger partial charge is 0.257 e. The molecule has 8 nitrogen and oxygen atoms in total. The summed E-state index contributed by atoms with van der Waals surface area (Å²) in [5, 5.41) is 18.6. The van der Waals surface area contributed by atoms with Gasteiger partial charge in [-0.05, 0) is 40.8 Å². The second-order valence-electron chi connectivity index (χ2n) is 5.63. The lowest BCUT2D eigenvalue weighted by atomic mass is 10.1. The Bertz CT molecular complexity index is 1050. The summed E-state index contributed by atoms with van der Waals surface area (Å²) in [5.74, 6) is 0.405. The van der Waals surface area contributed by atoms with Crippen molar-refractivity contribution in [3.63, 3.8) is 0 Å². The number of hydrogen-bond acceptors (Lipinski definition) is 5. The zero-order valence-corrected chi connectivity index (χ0v) is 13.9.